The van der Waals surface area contributed by atoms with Gasteiger partial charge in [0.05, 0.1) is 12.5 Å². The van der Waals surface area contributed by atoms with Crippen molar-refractivity contribution in [2.45, 2.75) is 6.54 Å². The van der Waals surface area contributed by atoms with Gasteiger partial charge < -0.3 is 5.32 Å². The average Bonchev–Trinajstić information content (AvgIpc) is 3.26. The molecular formula is C23H15F4N3O. The lowest BCUT2D eigenvalue weighted by atomic mass is 10.1. The minimum atomic E-state index is -0.988. The van der Waals surface area contributed by atoms with Gasteiger partial charge in [-0.25, -0.2) is 22.5 Å². The molecule has 156 valence electrons. The Balaban J connectivity index is 1.51. The normalized spacial score (nSPS) is 10.8. The van der Waals surface area contributed by atoms with Gasteiger partial charge in [0.2, 0.25) is 0 Å². The van der Waals surface area contributed by atoms with Crippen molar-refractivity contribution < 1.29 is 22.4 Å². The second-order valence-electron chi connectivity index (χ2n) is 6.76. The van der Waals surface area contributed by atoms with Crippen molar-refractivity contribution in [3.8, 4) is 16.8 Å². The van der Waals surface area contributed by atoms with E-state index in [0.717, 1.165) is 24.3 Å². The zero-order chi connectivity index (χ0) is 22.0. The zero-order valence-corrected chi connectivity index (χ0v) is 15.9. The van der Waals surface area contributed by atoms with Crippen molar-refractivity contribution in [2.75, 3.05) is 0 Å². The minimum absolute atomic E-state index is 0.0102. The Morgan fingerprint density at radius 2 is 1.45 bits per heavy atom. The predicted molar refractivity (Wildman–Crippen MR) is 106 cm³/mol. The number of aromatic nitrogens is 2. The summed E-state index contributed by atoms with van der Waals surface area (Å²) in [5, 5.41) is 2.64. The maximum Gasteiger partial charge on any atom is 0.270 e. The third-order valence-electron chi connectivity index (χ3n) is 4.71. The summed E-state index contributed by atoms with van der Waals surface area (Å²) in [4.78, 5) is 16.6. The molecule has 0 aliphatic rings. The number of hydrogen-bond acceptors (Lipinski definition) is 2. The first kappa shape index (κ1) is 20.3. The van der Waals surface area contributed by atoms with Gasteiger partial charge in [-0.05, 0) is 53.1 Å². The van der Waals surface area contributed by atoms with E-state index in [0.29, 0.717) is 22.4 Å². The fraction of sp³-hybridized carbons (Fsp3) is 0.0435. The Morgan fingerprint density at radius 3 is 2.13 bits per heavy atom. The average molecular weight is 425 g/mol. The maximum absolute atomic E-state index is 13.5. The molecule has 4 rings (SSSR count). The highest BCUT2D eigenvalue weighted by Gasteiger charge is 2.14. The fourth-order valence-corrected chi connectivity index (χ4v) is 3.08. The van der Waals surface area contributed by atoms with Gasteiger partial charge in [-0.15, -0.1) is 0 Å². The highest BCUT2D eigenvalue weighted by atomic mass is 19.2. The summed E-state index contributed by atoms with van der Waals surface area (Å²) in [6, 6.07) is 13.9. The Labute approximate surface area is 174 Å². The molecule has 0 saturated carbocycles. The number of carbonyl (C=O) groups excluding carboxylic acids is 1. The summed E-state index contributed by atoms with van der Waals surface area (Å²) in [5.41, 5.74) is 2.46. The van der Waals surface area contributed by atoms with Crippen molar-refractivity contribution in [3.63, 3.8) is 0 Å². The molecule has 3 aromatic carbocycles. The summed E-state index contributed by atoms with van der Waals surface area (Å²) < 4.78 is 54.5. The van der Waals surface area contributed by atoms with Crippen molar-refractivity contribution in [1.29, 1.82) is 0 Å². The highest BCUT2D eigenvalue weighted by Crippen LogP contribution is 2.23. The van der Waals surface area contributed by atoms with E-state index >= 15 is 0 Å². The standard InChI is InChI=1S/C23H15F4N3O/c24-18-7-1-14(9-20(18)26)11-29-23(31)22-12-28-13-30(22)17-5-2-15(3-6-17)16-4-8-19(25)21(27)10-16/h1-10,12-13H,11H2,(H,29,31). The van der Waals surface area contributed by atoms with E-state index in [2.05, 4.69) is 10.3 Å². The third-order valence-corrected chi connectivity index (χ3v) is 4.71. The Bertz CT molecular complexity index is 1250. The van der Waals surface area contributed by atoms with E-state index in [4.69, 9.17) is 0 Å². The van der Waals surface area contributed by atoms with Crippen LogP contribution in [0.15, 0.2) is 73.2 Å². The van der Waals surface area contributed by atoms with Crippen LogP contribution in [0.3, 0.4) is 0 Å². The van der Waals surface area contributed by atoms with Crippen LogP contribution in [0.2, 0.25) is 0 Å². The molecule has 1 amide bonds. The van der Waals surface area contributed by atoms with Crippen LogP contribution in [0.4, 0.5) is 17.6 Å². The Morgan fingerprint density at radius 1 is 0.806 bits per heavy atom. The monoisotopic (exact) mass is 425 g/mol. The van der Waals surface area contributed by atoms with Crippen LogP contribution >= 0.6 is 0 Å². The lowest BCUT2D eigenvalue weighted by molar-refractivity contribution is 0.0944. The molecule has 1 N–H and O–H groups in total. The van der Waals surface area contributed by atoms with Crippen molar-refractivity contribution in [1.82, 2.24) is 14.9 Å². The topological polar surface area (TPSA) is 46.9 Å². The summed E-state index contributed by atoms with van der Waals surface area (Å²) in [6.07, 6.45) is 2.84. The number of carbonyl (C=O) groups is 1. The number of nitrogens with one attached hydrogen (secondary N) is 1. The highest BCUT2D eigenvalue weighted by molar-refractivity contribution is 5.93. The Hall–Kier alpha value is -3.94. The van der Waals surface area contributed by atoms with E-state index in [1.807, 2.05) is 0 Å². The van der Waals surface area contributed by atoms with Crippen LogP contribution < -0.4 is 5.32 Å². The molecule has 4 nitrogen and oxygen atoms in total. The molecule has 0 aliphatic carbocycles. The fourth-order valence-electron chi connectivity index (χ4n) is 3.08. The first-order chi connectivity index (χ1) is 14.9. The number of amides is 1. The molecule has 1 aromatic heterocycles. The third kappa shape index (κ3) is 4.32. The number of benzene rings is 3. The van der Waals surface area contributed by atoms with E-state index in [1.54, 1.807) is 28.8 Å². The zero-order valence-electron chi connectivity index (χ0n) is 15.9. The molecule has 0 fully saturated rings. The molecule has 0 unspecified atom stereocenters. The van der Waals surface area contributed by atoms with Crippen LogP contribution in [-0.2, 0) is 6.54 Å². The molecule has 1 heterocycles. The van der Waals surface area contributed by atoms with E-state index in [1.165, 1.54) is 24.7 Å². The largest absolute Gasteiger partial charge is 0.347 e. The smallest absolute Gasteiger partial charge is 0.270 e. The first-order valence-corrected chi connectivity index (χ1v) is 9.23. The van der Waals surface area contributed by atoms with Gasteiger partial charge in [0, 0.05) is 12.2 Å². The quantitative estimate of drug-likeness (QED) is 0.456. The van der Waals surface area contributed by atoms with Gasteiger partial charge in [0.15, 0.2) is 23.3 Å². The van der Waals surface area contributed by atoms with E-state index < -0.39 is 29.2 Å². The van der Waals surface area contributed by atoms with Gasteiger partial charge >= 0.3 is 0 Å². The number of hydrogen-bond donors (Lipinski definition) is 1. The molecule has 0 spiro atoms. The molecule has 0 bridgehead atoms. The first-order valence-electron chi connectivity index (χ1n) is 9.23. The van der Waals surface area contributed by atoms with Gasteiger partial charge in [-0.1, -0.05) is 24.3 Å². The van der Waals surface area contributed by atoms with Gasteiger partial charge in [-0.2, -0.15) is 0 Å². The number of rotatable bonds is 5. The Kier molecular flexibility index (Phi) is 5.53. The van der Waals surface area contributed by atoms with Crippen LogP contribution in [-0.4, -0.2) is 15.5 Å². The van der Waals surface area contributed by atoms with Crippen molar-refractivity contribution in [3.05, 3.63) is 108 Å². The van der Waals surface area contributed by atoms with E-state index in [9.17, 15) is 22.4 Å². The van der Waals surface area contributed by atoms with E-state index in [-0.39, 0.29) is 12.2 Å². The summed E-state index contributed by atoms with van der Waals surface area (Å²) in [5.74, 6) is -4.25. The van der Waals surface area contributed by atoms with Gasteiger partial charge in [-0.3, -0.25) is 9.36 Å². The lowest BCUT2D eigenvalue weighted by Crippen LogP contribution is -2.25. The molecule has 0 saturated heterocycles. The molecular weight excluding hydrogens is 410 g/mol. The van der Waals surface area contributed by atoms with Crippen LogP contribution in [0.1, 0.15) is 16.1 Å². The molecule has 0 radical (unpaired) electrons. The van der Waals surface area contributed by atoms with Crippen LogP contribution in [0.25, 0.3) is 16.8 Å². The minimum Gasteiger partial charge on any atom is -0.347 e. The molecule has 8 heteroatoms. The number of imidazole rings is 1. The molecule has 31 heavy (non-hydrogen) atoms. The van der Waals surface area contributed by atoms with Gasteiger partial charge in [0.25, 0.3) is 5.91 Å². The summed E-state index contributed by atoms with van der Waals surface area (Å²) in [7, 11) is 0. The molecule has 0 atom stereocenters. The van der Waals surface area contributed by atoms with Crippen molar-refractivity contribution in [2.24, 2.45) is 0 Å². The number of nitrogens with zero attached hydrogens (tertiary/aromatic N) is 2. The maximum atomic E-state index is 13.5. The molecule has 4 aromatic rings. The second-order valence-corrected chi connectivity index (χ2v) is 6.76. The summed E-state index contributed by atoms with van der Waals surface area (Å²) in [6.45, 7) is 0.0102. The molecule has 0 aliphatic heterocycles. The summed E-state index contributed by atoms with van der Waals surface area (Å²) >= 11 is 0. The van der Waals surface area contributed by atoms with Gasteiger partial charge in [0.1, 0.15) is 5.69 Å². The predicted octanol–water partition coefficient (Wildman–Crippen LogP) is 5.03. The lowest BCUT2D eigenvalue weighted by Gasteiger charge is -2.10. The van der Waals surface area contributed by atoms with Crippen LogP contribution in [0, 0.1) is 23.3 Å². The second kappa shape index (κ2) is 8.43. The van der Waals surface area contributed by atoms with Crippen molar-refractivity contribution >= 4 is 5.91 Å². The SMILES string of the molecule is O=C(NCc1ccc(F)c(F)c1)c1cncn1-c1ccc(-c2ccc(F)c(F)c2)cc1. The number of halogens is 4. The van der Waals surface area contributed by atoms with Crippen LogP contribution in [0.5, 0.6) is 0 Å².